The zero-order chi connectivity index (χ0) is 10.5. The van der Waals surface area contributed by atoms with Gasteiger partial charge in [0.15, 0.2) is 0 Å². The van der Waals surface area contributed by atoms with Gasteiger partial charge in [0, 0.05) is 13.1 Å². The fourth-order valence-corrected chi connectivity index (χ4v) is 1.80. The Kier molecular flexibility index (Phi) is 3.45. The second-order valence-electron chi connectivity index (χ2n) is 3.50. The Morgan fingerprint density at radius 1 is 1.27 bits per heavy atom. The van der Waals surface area contributed by atoms with Gasteiger partial charge in [0.05, 0.1) is 25.5 Å². The molecule has 0 aromatic heterocycles. The summed E-state index contributed by atoms with van der Waals surface area (Å²) < 4.78 is 10.9. The predicted octanol–water partition coefficient (Wildman–Crippen LogP) is 1.92. The van der Waals surface area contributed by atoms with E-state index >= 15 is 0 Å². The highest BCUT2D eigenvalue weighted by Crippen LogP contribution is 2.28. The van der Waals surface area contributed by atoms with Crippen molar-refractivity contribution in [2.75, 3.05) is 37.8 Å². The van der Waals surface area contributed by atoms with E-state index < -0.39 is 0 Å². The predicted molar refractivity (Wildman–Crippen MR) is 60.6 cm³/mol. The fraction of sp³-hybridized carbons (Fsp3) is 0.500. The van der Waals surface area contributed by atoms with Crippen LogP contribution in [0.15, 0.2) is 24.3 Å². The minimum Gasteiger partial charge on any atom is -0.492 e. The van der Waals surface area contributed by atoms with E-state index in [2.05, 4.69) is 11.0 Å². The van der Waals surface area contributed by atoms with Crippen molar-refractivity contribution in [3.05, 3.63) is 24.3 Å². The van der Waals surface area contributed by atoms with Crippen LogP contribution in [-0.2, 0) is 4.74 Å². The number of hydrogen-bond acceptors (Lipinski definition) is 3. The van der Waals surface area contributed by atoms with Crippen LogP contribution in [0.1, 0.15) is 6.92 Å². The van der Waals surface area contributed by atoms with E-state index in [4.69, 9.17) is 9.47 Å². The van der Waals surface area contributed by atoms with Crippen molar-refractivity contribution in [1.29, 1.82) is 0 Å². The Hall–Kier alpha value is -1.22. The quantitative estimate of drug-likeness (QED) is 0.756. The van der Waals surface area contributed by atoms with E-state index in [-0.39, 0.29) is 0 Å². The van der Waals surface area contributed by atoms with Crippen LogP contribution in [0.3, 0.4) is 0 Å². The fourth-order valence-electron chi connectivity index (χ4n) is 1.80. The lowest BCUT2D eigenvalue weighted by Crippen LogP contribution is -2.36. The Labute approximate surface area is 90.6 Å². The summed E-state index contributed by atoms with van der Waals surface area (Å²) in [4.78, 5) is 2.31. The summed E-state index contributed by atoms with van der Waals surface area (Å²) in [6.45, 7) is 6.23. The van der Waals surface area contributed by atoms with Crippen molar-refractivity contribution >= 4 is 5.69 Å². The van der Waals surface area contributed by atoms with Gasteiger partial charge in [-0.3, -0.25) is 0 Å². The lowest BCUT2D eigenvalue weighted by molar-refractivity contribution is 0.122. The molecule has 0 amide bonds. The molecule has 1 aromatic rings. The summed E-state index contributed by atoms with van der Waals surface area (Å²) in [6, 6.07) is 8.19. The first-order valence-electron chi connectivity index (χ1n) is 5.46. The molecule has 3 nitrogen and oxygen atoms in total. The van der Waals surface area contributed by atoms with Gasteiger partial charge in [-0.15, -0.1) is 0 Å². The molecule has 1 saturated heterocycles. The lowest BCUT2D eigenvalue weighted by Gasteiger charge is -2.30. The molecule has 0 N–H and O–H groups in total. The number of para-hydroxylation sites is 2. The second-order valence-corrected chi connectivity index (χ2v) is 3.50. The molecular formula is C12H17NO2. The molecule has 2 rings (SSSR count). The normalized spacial score (nSPS) is 16.5. The molecule has 82 valence electrons. The van der Waals surface area contributed by atoms with Crippen molar-refractivity contribution in [1.82, 2.24) is 0 Å². The maximum Gasteiger partial charge on any atom is 0.142 e. The molecule has 1 aromatic carbocycles. The number of nitrogens with zero attached hydrogens (tertiary/aromatic N) is 1. The first-order valence-corrected chi connectivity index (χ1v) is 5.46. The highest BCUT2D eigenvalue weighted by molar-refractivity contribution is 5.58. The lowest BCUT2D eigenvalue weighted by atomic mass is 10.2. The Morgan fingerprint density at radius 2 is 2.00 bits per heavy atom. The van der Waals surface area contributed by atoms with Crippen molar-refractivity contribution < 1.29 is 9.47 Å². The number of benzene rings is 1. The third-order valence-corrected chi connectivity index (χ3v) is 2.52. The largest absolute Gasteiger partial charge is 0.492 e. The van der Waals surface area contributed by atoms with Crippen molar-refractivity contribution in [2.45, 2.75) is 6.92 Å². The van der Waals surface area contributed by atoms with Crippen LogP contribution in [0.5, 0.6) is 5.75 Å². The Bertz CT molecular complexity index is 308. The third kappa shape index (κ3) is 2.42. The number of hydrogen-bond donors (Lipinski definition) is 0. The van der Waals surface area contributed by atoms with E-state index in [1.165, 1.54) is 5.69 Å². The van der Waals surface area contributed by atoms with Crippen molar-refractivity contribution in [3.8, 4) is 5.75 Å². The van der Waals surface area contributed by atoms with Crippen LogP contribution < -0.4 is 9.64 Å². The molecule has 0 unspecified atom stereocenters. The van der Waals surface area contributed by atoms with Crippen LogP contribution in [0.2, 0.25) is 0 Å². The maximum absolute atomic E-state index is 5.61. The van der Waals surface area contributed by atoms with Gasteiger partial charge in [-0.1, -0.05) is 12.1 Å². The average Bonchev–Trinajstić information content (AvgIpc) is 2.31. The summed E-state index contributed by atoms with van der Waals surface area (Å²) >= 11 is 0. The summed E-state index contributed by atoms with van der Waals surface area (Å²) in [5, 5.41) is 0. The number of rotatable bonds is 3. The topological polar surface area (TPSA) is 21.7 Å². The Balaban J connectivity index is 2.17. The van der Waals surface area contributed by atoms with Gasteiger partial charge in [0.25, 0.3) is 0 Å². The molecular weight excluding hydrogens is 190 g/mol. The molecule has 0 aliphatic carbocycles. The number of anilines is 1. The molecule has 0 bridgehead atoms. The molecule has 0 radical (unpaired) electrons. The SMILES string of the molecule is CCOc1ccccc1N1CCOCC1. The highest BCUT2D eigenvalue weighted by atomic mass is 16.5. The number of morpholine rings is 1. The first-order chi connectivity index (χ1) is 7.42. The summed E-state index contributed by atoms with van der Waals surface area (Å²) in [5.74, 6) is 0.974. The maximum atomic E-state index is 5.61. The molecule has 1 fully saturated rings. The van der Waals surface area contributed by atoms with E-state index in [0.717, 1.165) is 32.1 Å². The van der Waals surface area contributed by atoms with E-state index in [0.29, 0.717) is 6.61 Å². The molecule has 1 aliphatic heterocycles. The van der Waals surface area contributed by atoms with Crippen LogP contribution in [0.4, 0.5) is 5.69 Å². The molecule has 15 heavy (non-hydrogen) atoms. The Morgan fingerprint density at radius 3 is 2.73 bits per heavy atom. The van der Waals surface area contributed by atoms with Crippen LogP contribution in [-0.4, -0.2) is 32.9 Å². The third-order valence-electron chi connectivity index (χ3n) is 2.52. The molecule has 1 aliphatic rings. The van der Waals surface area contributed by atoms with Crippen LogP contribution in [0.25, 0.3) is 0 Å². The molecule has 3 heteroatoms. The van der Waals surface area contributed by atoms with Crippen molar-refractivity contribution in [3.63, 3.8) is 0 Å². The summed E-state index contributed by atoms with van der Waals surface area (Å²) in [5.41, 5.74) is 1.18. The highest BCUT2D eigenvalue weighted by Gasteiger charge is 2.14. The zero-order valence-electron chi connectivity index (χ0n) is 9.11. The van der Waals surface area contributed by atoms with Gasteiger partial charge in [-0.2, -0.15) is 0 Å². The van der Waals surface area contributed by atoms with Gasteiger partial charge >= 0.3 is 0 Å². The minimum absolute atomic E-state index is 0.710. The monoisotopic (exact) mass is 207 g/mol. The van der Waals surface area contributed by atoms with Gasteiger partial charge in [0.1, 0.15) is 5.75 Å². The van der Waals surface area contributed by atoms with E-state index in [9.17, 15) is 0 Å². The molecule has 0 saturated carbocycles. The minimum atomic E-state index is 0.710. The standard InChI is InChI=1S/C12H17NO2/c1-2-15-12-6-4-3-5-11(12)13-7-9-14-10-8-13/h3-6H,2,7-10H2,1H3. The summed E-state index contributed by atoms with van der Waals surface area (Å²) in [6.07, 6.45) is 0. The van der Waals surface area contributed by atoms with Crippen LogP contribution in [0, 0.1) is 0 Å². The van der Waals surface area contributed by atoms with Crippen LogP contribution >= 0.6 is 0 Å². The second kappa shape index (κ2) is 5.03. The van der Waals surface area contributed by atoms with E-state index in [1.807, 2.05) is 25.1 Å². The molecule has 0 atom stereocenters. The van der Waals surface area contributed by atoms with E-state index in [1.54, 1.807) is 0 Å². The molecule has 0 spiro atoms. The van der Waals surface area contributed by atoms with Gasteiger partial charge in [0.2, 0.25) is 0 Å². The smallest absolute Gasteiger partial charge is 0.142 e. The zero-order valence-corrected chi connectivity index (χ0v) is 9.11. The van der Waals surface area contributed by atoms with Crippen molar-refractivity contribution in [2.24, 2.45) is 0 Å². The average molecular weight is 207 g/mol. The van der Waals surface area contributed by atoms with Gasteiger partial charge in [-0.05, 0) is 19.1 Å². The summed E-state index contributed by atoms with van der Waals surface area (Å²) in [7, 11) is 0. The first kappa shape index (κ1) is 10.3. The molecule has 1 heterocycles. The van der Waals surface area contributed by atoms with Gasteiger partial charge < -0.3 is 14.4 Å². The number of ether oxygens (including phenoxy) is 2. The van der Waals surface area contributed by atoms with Gasteiger partial charge in [-0.25, -0.2) is 0 Å².